The normalized spacial score (nSPS) is 18.0. The monoisotopic (exact) mass is 1370 g/mol. The molecule has 4 saturated heterocycles. The van der Waals surface area contributed by atoms with Gasteiger partial charge in [0.2, 0.25) is 0 Å². The van der Waals surface area contributed by atoms with Gasteiger partial charge in [-0.25, -0.2) is 0 Å². The van der Waals surface area contributed by atoms with E-state index in [1.165, 1.54) is 11.1 Å². The van der Waals surface area contributed by atoms with Crippen LogP contribution in [0.3, 0.4) is 0 Å². The van der Waals surface area contributed by atoms with Crippen molar-refractivity contribution in [3.63, 3.8) is 0 Å². The second-order valence-corrected chi connectivity index (χ2v) is 27.9. The average Bonchev–Trinajstić information content (AvgIpc) is 0.776. The van der Waals surface area contributed by atoms with E-state index in [0.717, 1.165) is 188 Å². The van der Waals surface area contributed by atoms with Gasteiger partial charge in [0.05, 0.1) is 0 Å². The standard InChI is InChI=1S/C26H23NO2.C24H28N2O2.C21H21NO2.C19H19NO2/c28-25(20-6-2-1-3-7-20)21-12-10-19(11-13-21)23-18-26(14-16-27-17-15-26)29-24-9-5-4-8-22(23)24;1-3-26(4-2)23(27)19-10-11-22-20(16-19)21(18-8-6-5-7-9-18)17-24(28-22)12-14-25-15-13-24;1-15(23)16-6-8-17(9-7-16)19-14-21(10-12-22-13-11-21)24-20-5-3-2-4-18(19)20;21-15-6-7-18-16(12-15)17(14-4-2-1-3-5-14)13-19(22-18)8-10-20-11-9-19/h1-13,18,27H,14-17H2;5-11,16-17,25H,3-4,12-15H2,1-2H3;2-9,14,22H,10-13H2,1H3;1-7,12-13,20-21H,8-11H2. The van der Waals surface area contributed by atoms with Crippen LogP contribution < -0.4 is 40.2 Å². The molecule has 17 rings (SSSR count). The highest BCUT2D eigenvalue weighted by Gasteiger charge is 2.41. The van der Waals surface area contributed by atoms with Crippen molar-refractivity contribution in [3.8, 4) is 28.7 Å². The van der Waals surface area contributed by atoms with Gasteiger partial charge in [0, 0.05) is 109 Å². The Morgan fingerprint density at radius 1 is 0.350 bits per heavy atom. The van der Waals surface area contributed by atoms with Crippen molar-refractivity contribution in [3.05, 3.63) is 316 Å². The minimum Gasteiger partial charge on any atom is -0.508 e. The lowest BCUT2D eigenvalue weighted by Gasteiger charge is -2.40. The smallest absolute Gasteiger partial charge is 0.253 e. The van der Waals surface area contributed by atoms with E-state index >= 15 is 0 Å². The minimum atomic E-state index is -0.270. The average molecular weight is 1370 g/mol. The van der Waals surface area contributed by atoms with Gasteiger partial charge in [0.1, 0.15) is 51.2 Å². The Morgan fingerprint density at radius 2 is 0.660 bits per heavy atom. The molecule has 103 heavy (non-hydrogen) atoms. The predicted molar refractivity (Wildman–Crippen MR) is 410 cm³/mol. The second kappa shape index (κ2) is 31.0. The lowest BCUT2D eigenvalue weighted by molar-refractivity contribution is 0.0768. The molecule has 0 saturated carbocycles. The number of nitrogens with zero attached hydrogens (tertiary/aromatic N) is 1. The maximum atomic E-state index is 12.9. The molecule has 4 spiro atoms. The maximum Gasteiger partial charge on any atom is 0.253 e. The zero-order valence-corrected chi connectivity index (χ0v) is 59.2. The van der Waals surface area contributed by atoms with E-state index in [2.05, 4.69) is 118 Å². The number of benzene rings is 9. The quantitative estimate of drug-likeness (QED) is 0.0826. The molecule has 8 aliphatic heterocycles. The first-order valence-electron chi connectivity index (χ1n) is 36.7. The molecule has 0 aromatic heterocycles. The van der Waals surface area contributed by atoms with E-state index in [0.29, 0.717) is 29.8 Å². The number of hydrogen-bond donors (Lipinski definition) is 5. The summed E-state index contributed by atoms with van der Waals surface area (Å²) in [6.45, 7) is 14.7. The Bertz CT molecular complexity index is 4630. The van der Waals surface area contributed by atoms with E-state index in [-0.39, 0.29) is 45.6 Å². The van der Waals surface area contributed by atoms with E-state index < -0.39 is 0 Å². The van der Waals surface area contributed by atoms with Crippen LogP contribution in [0.4, 0.5) is 0 Å². The first-order valence-corrected chi connectivity index (χ1v) is 36.7. The van der Waals surface area contributed by atoms with Gasteiger partial charge in [-0.3, -0.25) is 14.4 Å². The summed E-state index contributed by atoms with van der Waals surface area (Å²) in [4.78, 5) is 39.0. The van der Waals surface area contributed by atoms with E-state index in [1.54, 1.807) is 19.1 Å². The summed E-state index contributed by atoms with van der Waals surface area (Å²) < 4.78 is 25.7. The molecule has 13 heteroatoms. The highest BCUT2D eigenvalue weighted by molar-refractivity contribution is 6.09. The maximum absolute atomic E-state index is 12.9. The summed E-state index contributed by atoms with van der Waals surface area (Å²) in [7, 11) is 0. The lowest BCUT2D eigenvalue weighted by atomic mass is 9.83. The number of hydrogen-bond acceptors (Lipinski definition) is 12. The summed E-state index contributed by atoms with van der Waals surface area (Å²) in [6, 6.07) is 73.8. The molecule has 0 bridgehead atoms. The third-order valence-corrected chi connectivity index (χ3v) is 21.1. The lowest BCUT2D eigenvalue weighted by Crippen LogP contribution is -2.46. The first kappa shape index (κ1) is 69.7. The van der Waals surface area contributed by atoms with Gasteiger partial charge >= 0.3 is 0 Å². The molecular formula is C90H91N5O8. The summed E-state index contributed by atoms with van der Waals surface area (Å²) in [5.74, 6) is 4.11. The van der Waals surface area contributed by atoms with Crippen LogP contribution in [-0.2, 0) is 0 Å². The number of Topliss-reactive ketones (excluding diaryl/α,β-unsaturated/α-hetero) is 1. The van der Waals surface area contributed by atoms with Crippen LogP contribution in [0, 0.1) is 0 Å². The Kier molecular flexibility index (Phi) is 21.0. The molecule has 9 aromatic rings. The van der Waals surface area contributed by atoms with Crippen LogP contribution in [-0.4, -0.2) is 115 Å². The van der Waals surface area contributed by atoms with E-state index in [4.69, 9.17) is 18.9 Å². The molecule has 8 aliphatic rings. The fraction of sp³-hybridized carbons (Fsp3) is 0.278. The fourth-order valence-electron chi connectivity index (χ4n) is 15.4. The highest BCUT2D eigenvalue weighted by Crippen LogP contribution is 2.48. The van der Waals surface area contributed by atoms with Crippen LogP contribution in [0.15, 0.2) is 249 Å². The van der Waals surface area contributed by atoms with E-state index in [1.807, 2.05) is 158 Å². The van der Waals surface area contributed by atoms with Gasteiger partial charge in [-0.15, -0.1) is 0 Å². The van der Waals surface area contributed by atoms with Gasteiger partial charge < -0.3 is 50.2 Å². The highest BCUT2D eigenvalue weighted by atomic mass is 16.5. The molecule has 13 nitrogen and oxygen atoms in total. The molecule has 0 atom stereocenters. The number of phenols is 1. The Labute approximate surface area is 605 Å². The van der Waals surface area contributed by atoms with Crippen LogP contribution in [0.25, 0.3) is 22.3 Å². The second-order valence-electron chi connectivity index (χ2n) is 27.9. The van der Waals surface area contributed by atoms with Crippen molar-refractivity contribution in [2.24, 2.45) is 0 Å². The van der Waals surface area contributed by atoms with Crippen molar-refractivity contribution >= 4 is 39.8 Å². The van der Waals surface area contributed by atoms with E-state index in [9.17, 15) is 19.5 Å². The summed E-state index contributed by atoms with van der Waals surface area (Å²) >= 11 is 0. The molecule has 4 fully saturated rings. The molecule has 0 unspecified atom stereocenters. The molecule has 1 amide bonds. The van der Waals surface area contributed by atoms with Crippen molar-refractivity contribution in [2.75, 3.05) is 65.4 Å². The molecule has 0 aliphatic carbocycles. The number of rotatable bonds is 10. The number of ether oxygens (including phenoxy) is 4. The Hall–Kier alpha value is -10.4. The number of amides is 1. The summed E-state index contributed by atoms with van der Waals surface area (Å²) in [5, 5.41) is 23.5. The van der Waals surface area contributed by atoms with Crippen LogP contribution in [0.5, 0.6) is 28.7 Å². The molecule has 9 aromatic carbocycles. The van der Waals surface area contributed by atoms with Crippen molar-refractivity contribution < 1.29 is 38.4 Å². The fourth-order valence-corrected chi connectivity index (χ4v) is 15.4. The third-order valence-electron chi connectivity index (χ3n) is 21.1. The number of phenolic OH excluding ortho intramolecular Hbond substituents is 1. The number of carbonyl (C=O) groups is 3. The summed E-state index contributed by atoms with van der Waals surface area (Å²) in [5.41, 5.74) is 15.4. The zero-order chi connectivity index (χ0) is 70.8. The van der Waals surface area contributed by atoms with Gasteiger partial charge in [0.15, 0.2) is 11.6 Å². The van der Waals surface area contributed by atoms with Crippen molar-refractivity contribution in [1.82, 2.24) is 26.2 Å². The number of nitrogens with one attached hydrogen (secondary N) is 4. The van der Waals surface area contributed by atoms with Crippen LogP contribution >= 0.6 is 0 Å². The number of aromatic hydroxyl groups is 1. The van der Waals surface area contributed by atoms with Crippen molar-refractivity contribution in [2.45, 2.75) is 94.5 Å². The molecule has 5 N–H and O–H groups in total. The molecule has 524 valence electrons. The summed E-state index contributed by atoms with van der Waals surface area (Å²) in [6.07, 6.45) is 16.8. The third kappa shape index (κ3) is 15.5. The Balaban J connectivity index is 0.000000117. The molecule has 8 heterocycles. The number of carbonyl (C=O) groups excluding carboxylic acids is 3. The van der Waals surface area contributed by atoms with Crippen LogP contribution in [0.1, 0.15) is 153 Å². The SMILES string of the molecule is CC(=O)c1ccc(C2=CC3(CCNCC3)Oc3ccccc32)cc1.CCN(CC)C(=O)c1ccc2c(c1)C(c1ccccc1)=CC1(CCNCC1)O2.O=C(c1ccccc1)c1ccc(C2=CC3(CCNCC3)Oc3ccccc32)cc1.Oc1ccc2c(c1)C(c1ccccc1)=CC1(CCNCC1)O2. The first-order chi connectivity index (χ1) is 50.3. The number of para-hydroxylation sites is 2. The predicted octanol–water partition coefficient (Wildman–Crippen LogP) is 16.2. The van der Waals surface area contributed by atoms with Crippen molar-refractivity contribution in [1.29, 1.82) is 0 Å². The zero-order valence-electron chi connectivity index (χ0n) is 59.2. The van der Waals surface area contributed by atoms with Gasteiger partial charge in [-0.2, -0.15) is 0 Å². The number of piperidine rings is 4. The number of ketones is 2. The van der Waals surface area contributed by atoms with Crippen LogP contribution in [0.2, 0.25) is 0 Å². The minimum absolute atomic E-state index is 0.0494. The van der Waals surface area contributed by atoms with Gasteiger partial charge in [-0.1, -0.05) is 176 Å². The molecular weight excluding hydrogens is 1280 g/mol. The largest absolute Gasteiger partial charge is 0.508 e. The van der Waals surface area contributed by atoms with Gasteiger partial charge in [-0.05, 0) is 191 Å². The molecule has 0 radical (unpaired) electrons. The number of fused-ring (bicyclic) bond motifs is 4. The van der Waals surface area contributed by atoms with Gasteiger partial charge in [0.25, 0.3) is 5.91 Å². The topological polar surface area (TPSA) is 160 Å². The Morgan fingerprint density at radius 3 is 1.06 bits per heavy atom.